The highest BCUT2D eigenvalue weighted by Gasteiger charge is 2.25. The molecular weight excluding hydrogens is 296 g/mol. The molecule has 1 aliphatic heterocycles. The number of morpholine rings is 1. The minimum absolute atomic E-state index is 0.200. The average molecular weight is 316 g/mol. The zero-order valence-corrected chi connectivity index (χ0v) is 13.3. The maximum absolute atomic E-state index is 12.3. The zero-order chi connectivity index (χ0) is 16.7. The van der Waals surface area contributed by atoms with Gasteiger partial charge in [-0.05, 0) is 30.7 Å². The third kappa shape index (κ3) is 4.24. The molecule has 0 bridgehead atoms. The molecule has 1 heterocycles. The second-order valence-electron chi connectivity index (χ2n) is 4.93. The van der Waals surface area contributed by atoms with E-state index in [2.05, 4.69) is 6.07 Å². The van der Waals surface area contributed by atoms with Crippen molar-refractivity contribution >= 4 is 12.0 Å². The van der Waals surface area contributed by atoms with Gasteiger partial charge in [0.2, 0.25) is 5.91 Å². The number of nitriles is 1. The average Bonchev–Trinajstić information content (AvgIpc) is 2.60. The molecule has 1 amide bonds. The Bertz CT molecular complexity index is 622. The maximum atomic E-state index is 12.3. The summed E-state index contributed by atoms with van der Waals surface area (Å²) < 4.78 is 16.0. The predicted octanol–water partition coefficient (Wildman–Crippen LogP) is 1.86. The van der Waals surface area contributed by atoms with E-state index < -0.39 is 6.04 Å². The Morgan fingerprint density at radius 2 is 2.35 bits per heavy atom. The van der Waals surface area contributed by atoms with E-state index in [4.69, 9.17) is 19.5 Å². The number of rotatable bonds is 5. The summed E-state index contributed by atoms with van der Waals surface area (Å²) >= 11 is 0. The largest absolute Gasteiger partial charge is 0.493 e. The second-order valence-corrected chi connectivity index (χ2v) is 4.93. The summed E-state index contributed by atoms with van der Waals surface area (Å²) in [6, 6.07) is 7.00. The van der Waals surface area contributed by atoms with Crippen molar-refractivity contribution in [2.75, 3.05) is 33.5 Å². The number of nitrogens with zero attached hydrogens (tertiary/aromatic N) is 2. The van der Waals surface area contributed by atoms with Crippen molar-refractivity contribution in [2.24, 2.45) is 0 Å². The number of hydrogen-bond acceptors (Lipinski definition) is 5. The molecule has 0 aromatic heterocycles. The summed E-state index contributed by atoms with van der Waals surface area (Å²) in [6.07, 6.45) is 3.17. The molecule has 0 N–H and O–H groups in total. The van der Waals surface area contributed by atoms with Gasteiger partial charge < -0.3 is 19.1 Å². The van der Waals surface area contributed by atoms with E-state index in [0.717, 1.165) is 5.56 Å². The minimum atomic E-state index is -0.532. The van der Waals surface area contributed by atoms with Gasteiger partial charge >= 0.3 is 0 Å². The van der Waals surface area contributed by atoms with Gasteiger partial charge in [0.15, 0.2) is 11.5 Å². The van der Waals surface area contributed by atoms with E-state index in [1.54, 1.807) is 19.3 Å². The van der Waals surface area contributed by atoms with E-state index in [-0.39, 0.29) is 12.5 Å². The molecule has 0 spiro atoms. The van der Waals surface area contributed by atoms with Crippen LogP contribution in [-0.2, 0) is 9.53 Å². The van der Waals surface area contributed by atoms with Crippen LogP contribution in [0, 0.1) is 11.3 Å². The van der Waals surface area contributed by atoms with Gasteiger partial charge in [-0.25, -0.2) is 0 Å². The van der Waals surface area contributed by atoms with Crippen LogP contribution in [0.2, 0.25) is 0 Å². The van der Waals surface area contributed by atoms with Crippen molar-refractivity contribution in [3.63, 3.8) is 0 Å². The van der Waals surface area contributed by atoms with Gasteiger partial charge in [0.05, 0.1) is 33.0 Å². The molecule has 0 aliphatic carbocycles. The number of hydrogen-bond donors (Lipinski definition) is 0. The Morgan fingerprint density at radius 1 is 1.52 bits per heavy atom. The molecule has 6 nitrogen and oxygen atoms in total. The van der Waals surface area contributed by atoms with Crippen LogP contribution in [-0.4, -0.2) is 50.3 Å². The fourth-order valence-corrected chi connectivity index (χ4v) is 2.30. The highest BCUT2D eigenvalue weighted by molar-refractivity contribution is 5.92. The van der Waals surface area contributed by atoms with Gasteiger partial charge in [0.1, 0.15) is 6.04 Å². The van der Waals surface area contributed by atoms with E-state index in [9.17, 15) is 4.79 Å². The Balaban J connectivity index is 2.11. The molecule has 122 valence electrons. The lowest BCUT2D eigenvalue weighted by atomic mass is 10.1. The molecule has 1 aliphatic rings. The van der Waals surface area contributed by atoms with Gasteiger partial charge in [-0.3, -0.25) is 4.79 Å². The Labute approximate surface area is 135 Å². The van der Waals surface area contributed by atoms with Crippen molar-refractivity contribution < 1.29 is 19.0 Å². The van der Waals surface area contributed by atoms with Gasteiger partial charge in [0.25, 0.3) is 0 Å². The monoisotopic (exact) mass is 316 g/mol. The Morgan fingerprint density at radius 3 is 3.04 bits per heavy atom. The fraction of sp³-hybridized carbons (Fsp3) is 0.412. The van der Waals surface area contributed by atoms with E-state index in [1.807, 2.05) is 19.1 Å². The van der Waals surface area contributed by atoms with E-state index >= 15 is 0 Å². The fourth-order valence-electron chi connectivity index (χ4n) is 2.30. The summed E-state index contributed by atoms with van der Waals surface area (Å²) in [7, 11) is 1.58. The Kier molecular flexibility index (Phi) is 6.01. The van der Waals surface area contributed by atoms with Gasteiger partial charge in [0, 0.05) is 12.6 Å². The molecule has 1 saturated heterocycles. The molecule has 1 atom stereocenters. The quantitative estimate of drug-likeness (QED) is 0.775. The summed E-state index contributed by atoms with van der Waals surface area (Å²) in [4.78, 5) is 13.8. The van der Waals surface area contributed by atoms with Crippen LogP contribution in [0.1, 0.15) is 12.5 Å². The third-order valence-corrected chi connectivity index (χ3v) is 3.47. The van der Waals surface area contributed by atoms with Crippen molar-refractivity contribution in [1.29, 1.82) is 5.26 Å². The molecule has 0 unspecified atom stereocenters. The summed E-state index contributed by atoms with van der Waals surface area (Å²) in [5, 5.41) is 9.07. The lowest BCUT2D eigenvalue weighted by molar-refractivity contribution is -0.132. The maximum Gasteiger partial charge on any atom is 0.247 e. The number of ether oxygens (including phenoxy) is 3. The standard InChI is InChI=1S/C17H20N2O4/c1-3-23-16-10-13(4-6-15(16)21-2)5-7-17(20)19-8-9-22-12-14(19)11-18/h4-7,10,14H,3,8-9,12H2,1-2H3/b7-5-/t14-/m1/s1. The molecule has 0 saturated carbocycles. The highest BCUT2D eigenvalue weighted by atomic mass is 16.5. The van der Waals surface area contributed by atoms with Gasteiger partial charge in [-0.2, -0.15) is 5.26 Å². The first-order valence-electron chi connectivity index (χ1n) is 7.46. The normalized spacial score (nSPS) is 17.8. The highest BCUT2D eigenvalue weighted by Crippen LogP contribution is 2.28. The van der Waals surface area contributed by atoms with Crippen LogP contribution in [0.4, 0.5) is 0 Å². The van der Waals surface area contributed by atoms with Crippen LogP contribution in [0.25, 0.3) is 6.08 Å². The summed E-state index contributed by atoms with van der Waals surface area (Å²) in [5.74, 6) is 1.08. The number of benzene rings is 1. The molecule has 23 heavy (non-hydrogen) atoms. The number of amides is 1. The second kappa shape index (κ2) is 8.20. The van der Waals surface area contributed by atoms with Gasteiger partial charge in [-0.1, -0.05) is 6.07 Å². The van der Waals surface area contributed by atoms with Crippen LogP contribution >= 0.6 is 0 Å². The number of methoxy groups -OCH3 is 1. The van der Waals surface area contributed by atoms with Crippen molar-refractivity contribution in [1.82, 2.24) is 4.90 Å². The lowest BCUT2D eigenvalue weighted by Crippen LogP contribution is -2.47. The van der Waals surface area contributed by atoms with Crippen molar-refractivity contribution in [3.05, 3.63) is 29.8 Å². The smallest absolute Gasteiger partial charge is 0.247 e. The van der Waals surface area contributed by atoms with E-state index in [1.165, 1.54) is 11.0 Å². The molecule has 2 rings (SSSR count). The molecule has 1 fully saturated rings. The predicted molar refractivity (Wildman–Crippen MR) is 85.1 cm³/mol. The topological polar surface area (TPSA) is 71.8 Å². The minimum Gasteiger partial charge on any atom is -0.493 e. The molecular formula is C17H20N2O4. The summed E-state index contributed by atoms with van der Waals surface area (Å²) in [6.45, 7) is 3.56. The molecule has 1 aromatic rings. The molecule has 6 heteroatoms. The molecule has 0 radical (unpaired) electrons. The van der Waals surface area contributed by atoms with E-state index in [0.29, 0.717) is 31.3 Å². The first-order valence-corrected chi connectivity index (χ1v) is 7.46. The Hall–Kier alpha value is -2.52. The lowest BCUT2D eigenvalue weighted by Gasteiger charge is -2.30. The third-order valence-electron chi connectivity index (χ3n) is 3.47. The number of carbonyl (C=O) groups excluding carboxylic acids is 1. The number of carbonyl (C=O) groups is 1. The van der Waals surface area contributed by atoms with Crippen LogP contribution in [0.15, 0.2) is 24.3 Å². The molecule has 1 aromatic carbocycles. The van der Waals surface area contributed by atoms with Crippen molar-refractivity contribution in [2.45, 2.75) is 13.0 Å². The van der Waals surface area contributed by atoms with Crippen LogP contribution in [0.3, 0.4) is 0 Å². The first-order chi connectivity index (χ1) is 11.2. The van der Waals surface area contributed by atoms with Gasteiger partial charge in [-0.15, -0.1) is 0 Å². The van der Waals surface area contributed by atoms with Crippen molar-refractivity contribution in [3.8, 4) is 17.6 Å². The zero-order valence-electron chi connectivity index (χ0n) is 13.3. The summed E-state index contributed by atoms with van der Waals surface area (Å²) in [5.41, 5.74) is 0.823. The van der Waals surface area contributed by atoms with Crippen LogP contribution in [0.5, 0.6) is 11.5 Å². The van der Waals surface area contributed by atoms with Crippen LogP contribution < -0.4 is 9.47 Å². The SMILES string of the molecule is CCOc1cc(/C=C\C(=O)N2CCOC[C@H]2C#N)ccc1OC. The first kappa shape index (κ1) is 16.8.